The Bertz CT molecular complexity index is 368. The second-order valence-electron chi connectivity index (χ2n) is 2.99. The zero-order chi connectivity index (χ0) is 9.42. The summed E-state index contributed by atoms with van der Waals surface area (Å²) in [4.78, 5) is 18.3. The molecule has 4 nitrogen and oxygen atoms in total. The van der Waals surface area contributed by atoms with Crippen LogP contribution in [0.1, 0.15) is 35.1 Å². The minimum Gasteiger partial charge on any atom is -0.543 e. The van der Waals surface area contributed by atoms with E-state index in [2.05, 4.69) is 9.97 Å². The van der Waals surface area contributed by atoms with Crippen molar-refractivity contribution in [2.45, 2.75) is 18.8 Å². The van der Waals surface area contributed by atoms with Gasteiger partial charge in [-0.3, -0.25) is 0 Å². The summed E-state index contributed by atoms with van der Waals surface area (Å²) in [7, 11) is 0. The van der Waals surface area contributed by atoms with Crippen molar-refractivity contribution in [3.05, 3.63) is 22.7 Å². The standard InChI is InChI=1S/C8H7ClN2O2.K/c9-5-3-10-7(4-1-2-4)11-6(5)8(12)13;/h3-4H,1-2H2,(H,12,13);/q;+1/p-1. The van der Waals surface area contributed by atoms with Crippen LogP contribution in [0.15, 0.2) is 6.20 Å². The van der Waals surface area contributed by atoms with Gasteiger partial charge in [-0.2, -0.15) is 0 Å². The van der Waals surface area contributed by atoms with Gasteiger partial charge >= 0.3 is 51.4 Å². The molecule has 2 rings (SSSR count). The quantitative estimate of drug-likeness (QED) is 0.528. The summed E-state index contributed by atoms with van der Waals surface area (Å²) in [6.45, 7) is 0. The molecule has 1 saturated carbocycles. The van der Waals surface area contributed by atoms with Crippen molar-refractivity contribution in [1.82, 2.24) is 9.97 Å². The van der Waals surface area contributed by atoms with Crippen molar-refractivity contribution in [2.75, 3.05) is 0 Å². The summed E-state index contributed by atoms with van der Waals surface area (Å²) in [5, 5.41) is 10.6. The molecule has 0 unspecified atom stereocenters. The number of hydrogen-bond acceptors (Lipinski definition) is 4. The second kappa shape index (κ2) is 5.00. The Morgan fingerprint density at radius 3 is 2.71 bits per heavy atom. The number of halogens is 1. The van der Waals surface area contributed by atoms with Crippen LogP contribution >= 0.6 is 11.6 Å². The Balaban J connectivity index is 0.000000980. The topological polar surface area (TPSA) is 65.9 Å². The van der Waals surface area contributed by atoms with Crippen LogP contribution in [0.5, 0.6) is 0 Å². The molecule has 1 aliphatic rings. The van der Waals surface area contributed by atoms with E-state index in [4.69, 9.17) is 11.6 Å². The van der Waals surface area contributed by atoms with E-state index in [-0.39, 0.29) is 62.1 Å². The molecule has 6 heteroatoms. The summed E-state index contributed by atoms with van der Waals surface area (Å²) in [6, 6.07) is 0. The number of nitrogens with zero attached hydrogens (tertiary/aromatic N) is 2. The zero-order valence-corrected chi connectivity index (χ0v) is 11.5. The SMILES string of the molecule is O=C([O-])c1nc(C2CC2)ncc1Cl.[K+]. The van der Waals surface area contributed by atoms with Gasteiger partial charge in [0.1, 0.15) is 11.5 Å². The van der Waals surface area contributed by atoms with E-state index in [1.54, 1.807) is 0 Å². The zero-order valence-electron chi connectivity index (χ0n) is 7.66. The fourth-order valence-electron chi connectivity index (χ4n) is 1.06. The maximum absolute atomic E-state index is 10.5. The Hall–Kier alpha value is 0.476. The Labute approximate surface area is 129 Å². The number of hydrogen-bond donors (Lipinski definition) is 0. The third-order valence-corrected chi connectivity index (χ3v) is 2.18. The molecule has 1 aromatic heterocycles. The average Bonchev–Trinajstić information content (AvgIpc) is 2.87. The van der Waals surface area contributed by atoms with Gasteiger partial charge < -0.3 is 9.90 Å². The summed E-state index contributed by atoms with van der Waals surface area (Å²) in [5.74, 6) is -0.478. The Kier molecular flexibility index (Phi) is 4.48. The first-order valence-corrected chi connectivity index (χ1v) is 4.30. The van der Waals surface area contributed by atoms with Crippen LogP contribution in [0.2, 0.25) is 5.02 Å². The van der Waals surface area contributed by atoms with E-state index in [1.165, 1.54) is 6.20 Å². The molecule has 1 fully saturated rings. The predicted octanol–water partition coefficient (Wildman–Crippen LogP) is -2.63. The van der Waals surface area contributed by atoms with Crippen LogP contribution in [0, 0.1) is 0 Å². The van der Waals surface area contributed by atoms with Crippen LogP contribution in [0.4, 0.5) is 0 Å². The van der Waals surface area contributed by atoms with Gasteiger partial charge in [0.25, 0.3) is 0 Å². The van der Waals surface area contributed by atoms with Gasteiger partial charge in [0.05, 0.1) is 11.0 Å². The smallest absolute Gasteiger partial charge is 0.543 e. The van der Waals surface area contributed by atoms with Gasteiger partial charge in [-0.1, -0.05) is 11.6 Å². The van der Waals surface area contributed by atoms with Gasteiger partial charge in [-0.25, -0.2) is 9.97 Å². The summed E-state index contributed by atoms with van der Waals surface area (Å²) in [5.41, 5.74) is -0.210. The van der Waals surface area contributed by atoms with E-state index >= 15 is 0 Å². The van der Waals surface area contributed by atoms with Gasteiger partial charge in [-0.15, -0.1) is 0 Å². The van der Waals surface area contributed by atoms with E-state index in [1.807, 2.05) is 0 Å². The molecule has 1 aliphatic carbocycles. The summed E-state index contributed by atoms with van der Waals surface area (Å²) < 4.78 is 0. The predicted molar refractivity (Wildman–Crippen MR) is 43.3 cm³/mol. The number of carbonyl (C=O) groups is 1. The van der Waals surface area contributed by atoms with Gasteiger partial charge in [0, 0.05) is 12.1 Å². The number of rotatable bonds is 2. The van der Waals surface area contributed by atoms with Crippen LogP contribution in [-0.2, 0) is 0 Å². The molecule has 0 atom stereocenters. The molecule has 0 saturated heterocycles. The number of carboxylic acid groups (broad SMARTS) is 1. The molecular weight excluding hydrogens is 231 g/mol. The average molecular weight is 237 g/mol. The van der Waals surface area contributed by atoms with Crippen molar-refractivity contribution >= 4 is 17.6 Å². The van der Waals surface area contributed by atoms with Crippen molar-refractivity contribution in [2.24, 2.45) is 0 Å². The number of carboxylic acids is 1. The number of aromatic carboxylic acids is 1. The fourth-order valence-corrected chi connectivity index (χ4v) is 1.23. The molecule has 0 radical (unpaired) electrons. The van der Waals surface area contributed by atoms with Crippen molar-refractivity contribution in [3.63, 3.8) is 0 Å². The molecule has 14 heavy (non-hydrogen) atoms. The third kappa shape index (κ3) is 2.74. The molecular formula is C8H6ClKN2O2. The van der Waals surface area contributed by atoms with Crippen molar-refractivity contribution < 1.29 is 61.3 Å². The van der Waals surface area contributed by atoms with Gasteiger partial charge in [0.2, 0.25) is 0 Å². The first-order valence-electron chi connectivity index (χ1n) is 3.92. The molecule has 1 aromatic rings. The number of carbonyl (C=O) groups excluding carboxylic acids is 1. The summed E-state index contributed by atoms with van der Waals surface area (Å²) in [6.07, 6.45) is 3.36. The largest absolute Gasteiger partial charge is 1.00 e. The van der Waals surface area contributed by atoms with Gasteiger partial charge in [-0.05, 0) is 12.8 Å². The number of aromatic nitrogens is 2. The minimum absolute atomic E-state index is 0. The third-order valence-electron chi connectivity index (χ3n) is 1.90. The second-order valence-corrected chi connectivity index (χ2v) is 3.39. The Morgan fingerprint density at radius 2 is 2.21 bits per heavy atom. The molecule has 0 N–H and O–H groups in total. The molecule has 0 spiro atoms. The molecule has 1 heterocycles. The van der Waals surface area contributed by atoms with Crippen LogP contribution in [0.25, 0.3) is 0 Å². The van der Waals surface area contributed by atoms with E-state index < -0.39 is 5.97 Å². The molecule has 0 aliphatic heterocycles. The first-order chi connectivity index (χ1) is 6.18. The van der Waals surface area contributed by atoms with E-state index in [0.717, 1.165) is 12.8 Å². The maximum Gasteiger partial charge on any atom is 1.00 e. The molecule has 0 amide bonds. The van der Waals surface area contributed by atoms with Crippen molar-refractivity contribution in [1.29, 1.82) is 0 Å². The Morgan fingerprint density at radius 1 is 1.57 bits per heavy atom. The van der Waals surface area contributed by atoms with Gasteiger partial charge in [0.15, 0.2) is 0 Å². The first kappa shape index (κ1) is 12.5. The molecule has 68 valence electrons. The molecule has 0 bridgehead atoms. The molecule has 0 aromatic carbocycles. The normalized spacial score (nSPS) is 14.6. The minimum atomic E-state index is -1.35. The maximum atomic E-state index is 10.5. The summed E-state index contributed by atoms with van der Waals surface area (Å²) >= 11 is 5.57. The fraction of sp³-hybridized carbons (Fsp3) is 0.375. The van der Waals surface area contributed by atoms with E-state index in [0.29, 0.717) is 11.7 Å². The van der Waals surface area contributed by atoms with Crippen LogP contribution < -0.4 is 56.5 Å². The van der Waals surface area contributed by atoms with Crippen LogP contribution in [-0.4, -0.2) is 15.9 Å². The monoisotopic (exact) mass is 236 g/mol. The van der Waals surface area contributed by atoms with E-state index in [9.17, 15) is 9.90 Å². The van der Waals surface area contributed by atoms with Crippen molar-refractivity contribution in [3.8, 4) is 0 Å². The van der Waals surface area contributed by atoms with Crippen LogP contribution in [0.3, 0.4) is 0 Å².